The average molecular weight is 456 g/mol. The van der Waals surface area contributed by atoms with Crippen molar-refractivity contribution in [1.82, 2.24) is 0 Å². The van der Waals surface area contributed by atoms with Crippen LogP contribution < -0.4 is 15.0 Å². The van der Waals surface area contributed by atoms with Gasteiger partial charge < -0.3 is 19.7 Å². The smallest absolute Gasteiger partial charge is 0.416 e. The summed E-state index contributed by atoms with van der Waals surface area (Å²) in [5.74, 6) is 0.0851. The van der Waals surface area contributed by atoms with Gasteiger partial charge in [-0.15, -0.1) is 0 Å². The molecule has 1 aliphatic rings. The van der Waals surface area contributed by atoms with Crippen LogP contribution in [0, 0.1) is 0 Å². The average Bonchev–Trinajstić information content (AvgIpc) is 2.83. The number of hydrogen-bond acceptors (Lipinski definition) is 4. The van der Waals surface area contributed by atoms with Crippen LogP contribution in [0.3, 0.4) is 0 Å². The number of rotatable bonds is 6. The van der Waals surface area contributed by atoms with Gasteiger partial charge >= 0.3 is 6.18 Å². The number of anilines is 2. The van der Waals surface area contributed by atoms with Gasteiger partial charge in [-0.1, -0.05) is 30.3 Å². The highest BCUT2D eigenvalue weighted by Crippen LogP contribution is 2.36. The minimum atomic E-state index is -4.51. The molecule has 0 aromatic heterocycles. The highest BCUT2D eigenvalue weighted by molar-refractivity contribution is 6.06. The number of nitrogens with one attached hydrogen (secondary N) is 1. The van der Waals surface area contributed by atoms with Gasteiger partial charge in [0.15, 0.2) is 0 Å². The second-order valence-corrected chi connectivity index (χ2v) is 7.58. The van der Waals surface area contributed by atoms with E-state index in [-0.39, 0.29) is 5.69 Å². The van der Waals surface area contributed by atoms with Crippen LogP contribution in [0.2, 0.25) is 0 Å². The van der Waals surface area contributed by atoms with E-state index in [1.54, 1.807) is 24.3 Å². The Balaban J connectivity index is 1.49. The summed E-state index contributed by atoms with van der Waals surface area (Å²) in [5, 5.41) is 2.65. The Morgan fingerprint density at radius 2 is 1.67 bits per heavy atom. The fraction of sp³-hybridized carbons (Fsp3) is 0.240. The molecule has 172 valence electrons. The third kappa shape index (κ3) is 5.84. The van der Waals surface area contributed by atoms with Crippen LogP contribution in [0.15, 0.2) is 72.8 Å². The monoisotopic (exact) mass is 456 g/mol. The normalized spacial score (nSPS) is 14.1. The third-order valence-corrected chi connectivity index (χ3v) is 5.29. The predicted octanol–water partition coefficient (Wildman–Crippen LogP) is 5.37. The van der Waals surface area contributed by atoms with Gasteiger partial charge in [-0.05, 0) is 48.0 Å². The molecule has 33 heavy (non-hydrogen) atoms. The molecule has 1 fully saturated rings. The van der Waals surface area contributed by atoms with Gasteiger partial charge in [-0.25, -0.2) is 0 Å². The molecule has 4 rings (SSSR count). The summed E-state index contributed by atoms with van der Waals surface area (Å²) in [4.78, 5) is 14.7. The molecule has 0 unspecified atom stereocenters. The molecule has 1 saturated heterocycles. The van der Waals surface area contributed by atoms with Crippen LogP contribution in [0.1, 0.15) is 21.5 Å². The molecule has 0 aliphatic carbocycles. The molecule has 3 aromatic carbocycles. The Hall–Kier alpha value is -3.52. The first kappa shape index (κ1) is 22.7. The summed E-state index contributed by atoms with van der Waals surface area (Å²) < 4.78 is 50.9. The van der Waals surface area contributed by atoms with E-state index < -0.39 is 17.6 Å². The summed E-state index contributed by atoms with van der Waals surface area (Å²) in [6, 6.07) is 19.5. The number of amides is 1. The molecule has 0 saturated carbocycles. The highest BCUT2D eigenvalue weighted by Gasteiger charge is 2.32. The topological polar surface area (TPSA) is 50.8 Å². The Morgan fingerprint density at radius 3 is 2.33 bits per heavy atom. The van der Waals surface area contributed by atoms with Gasteiger partial charge in [0.25, 0.3) is 5.91 Å². The maximum absolute atomic E-state index is 13.3. The standard InChI is InChI=1S/C25H23F3N2O3/c26-25(27,28)20-8-11-23(30-12-14-32-15-13-30)22(16-20)29-24(31)19-6-9-21(10-7-19)33-17-18-4-2-1-3-5-18/h1-11,16H,12-15,17H2,(H,29,31). The lowest BCUT2D eigenvalue weighted by molar-refractivity contribution is -0.137. The number of alkyl halides is 3. The van der Waals surface area contributed by atoms with Crippen LogP contribution in [0.4, 0.5) is 24.5 Å². The molecule has 8 heteroatoms. The zero-order valence-electron chi connectivity index (χ0n) is 17.8. The molecule has 3 aromatic rings. The number of ether oxygens (including phenoxy) is 2. The van der Waals surface area contributed by atoms with Gasteiger partial charge in [-0.2, -0.15) is 13.2 Å². The van der Waals surface area contributed by atoms with E-state index in [1.165, 1.54) is 6.07 Å². The van der Waals surface area contributed by atoms with Crippen LogP contribution in [-0.4, -0.2) is 32.2 Å². The van der Waals surface area contributed by atoms with Crippen molar-refractivity contribution in [2.75, 3.05) is 36.5 Å². The molecule has 0 spiro atoms. The molecular weight excluding hydrogens is 433 g/mol. The number of morpholine rings is 1. The SMILES string of the molecule is O=C(Nc1cc(C(F)(F)F)ccc1N1CCOCC1)c1ccc(OCc2ccccc2)cc1. The number of nitrogens with zero attached hydrogens (tertiary/aromatic N) is 1. The summed E-state index contributed by atoms with van der Waals surface area (Å²) in [6.07, 6.45) is -4.51. The van der Waals surface area contributed by atoms with Crippen molar-refractivity contribution in [3.63, 3.8) is 0 Å². The van der Waals surface area contributed by atoms with Crippen LogP contribution in [-0.2, 0) is 17.5 Å². The van der Waals surface area contributed by atoms with Crippen LogP contribution >= 0.6 is 0 Å². The first-order valence-corrected chi connectivity index (χ1v) is 10.5. The zero-order valence-corrected chi connectivity index (χ0v) is 17.8. The van der Waals surface area contributed by atoms with Crippen LogP contribution in [0.5, 0.6) is 5.75 Å². The van der Waals surface area contributed by atoms with Crippen molar-refractivity contribution in [3.05, 3.63) is 89.5 Å². The number of hydrogen-bond donors (Lipinski definition) is 1. The van der Waals surface area contributed by atoms with E-state index >= 15 is 0 Å². The molecule has 0 bridgehead atoms. The van der Waals surface area contributed by atoms with E-state index in [1.807, 2.05) is 35.2 Å². The van der Waals surface area contributed by atoms with Crippen LogP contribution in [0.25, 0.3) is 0 Å². The lowest BCUT2D eigenvalue weighted by Gasteiger charge is -2.31. The van der Waals surface area contributed by atoms with Gasteiger partial charge in [0, 0.05) is 18.7 Å². The summed E-state index contributed by atoms with van der Waals surface area (Å²) in [5.41, 5.74) is 1.15. The molecule has 1 N–H and O–H groups in total. The second kappa shape index (κ2) is 9.95. The quantitative estimate of drug-likeness (QED) is 0.542. The van der Waals surface area contributed by atoms with E-state index in [0.717, 1.165) is 17.7 Å². The van der Waals surface area contributed by atoms with Crippen molar-refractivity contribution in [1.29, 1.82) is 0 Å². The molecular formula is C25H23F3N2O3. The Morgan fingerprint density at radius 1 is 0.970 bits per heavy atom. The Bertz CT molecular complexity index is 1080. The van der Waals surface area contributed by atoms with Gasteiger partial charge in [0.1, 0.15) is 12.4 Å². The fourth-order valence-corrected chi connectivity index (χ4v) is 3.53. The number of carbonyl (C=O) groups is 1. The van der Waals surface area contributed by atoms with Crippen molar-refractivity contribution >= 4 is 17.3 Å². The molecule has 1 aliphatic heterocycles. The molecule has 1 heterocycles. The van der Waals surface area contributed by atoms with Crippen molar-refractivity contribution in [2.24, 2.45) is 0 Å². The van der Waals surface area contributed by atoms with Gasteiger partial charge in [0.05, 0.1) is 30.2 Å². The first-order chi connectivity index (χ1) is 15.9. The number of halogens is 3. The lowest BCUT2D eigenvalue weighted by Crippen LogP contribution is -2.36. The minimum absolute atomic E-state index is 0.112. The fourth-order valence-electron chi connectivity index (χ4n) is 3.53. The second-order valence-electron chi connectivity index (χ2n) is 7.58. The lowest BCUT2D eigenvalue weighted by atomic mass is 10.1. The first-order valence-electron chi connectivity index (χ1n) is 10.5. The van der Waals surface area contributed by atoms with Gasteiger partial charge in [-0.3, -0.25) is 4.79 Å². The summed E-state index contributed by atoms with van der Waals surface area (Å²) in [7, 11) is 0. The van der Waals surface area contributed by atoms with E-state index in [9.17, 15) is 18.0 Å². The maximum Gasteiger partial charge on any atom is 0.416 e. The Kier molecular flexibility index (Phi) is 6.84. The minimum Gasteiger partial charge on any atom is -0.489 e. The van der Waals surface area contributed by atoms with E-state index in [2.05, 4.69) is 5.32 Å². The molecule has 0 atom stereocenters. The van der Waals surface area contributed by atoms with E-state index in [0.29, 0.717) is 49.9 Å². The molecule has 0 radical (unpaired) electrons. The Labute approximate surface area is 189 Å². The van der Waals surface area contributed by atoms with Gasteiger partial charge in [0.2, 0.25) is 0 Å². The predicted molar refractivity (Wildman–Crippen MR) is 120 cm³/mol. The van der Waals surface area contributed by atoms with Crippen molar-refractivity contribution < 1.29 is 27.4 Å². The highest BCUT2D eigenvalue weighted by atomic mass is 19.4. The van der Waals surface area contributed by atoms with E-state index in [4.69, 9.17) is 9.47 Å². The summed E-state index contributed by atoms with van der Waals surface area (Å²) >= 11 is 0. The van der Waals surface area contributed by atoms with Crippen molar-refractivity contribution in [2.45, 2.75) is 12.8 Å². The third-order valence-electron chi connectivity index (χ3n) is 5.29. The largest absolute Gasteiger partial charge is 0.489 e. The zero-order chi connectivity index (χ0) is 23.3. The summed E-state index contributed by atoms with van der Waals surface area (Å²) in [6.45, 7) is 2.39. The number of benzene rings is 3. The molecule has 1 amide bonds. The number of carbonyl (C=O) groups excluding carboxylic acids is 1. The molecule has 5 nitrogen and oxygen atoms in total. The maximum atomic E-state index is 13.3. The van der Waals surface area contributed by atoms with Crippen molar-refractivity contribution in [3.8, 4) is 5.75 Å².